The molecule has 1 unspecified atom stereocenters. The maximum absolute atomic E-state index is 12.3. The molecule has 1 atom stereocenters. The number of benzene rings is 2. The molecule has 1 saturated heterocycles. The Morgan fingerprint density at radius 1 is 1.24 bits per heavy atom. The fourth-order valence-electron chi connectivity index (χ4n) is 3.95. The number of amides is 1. The maximum Gasteiger partial charge on any atom is 0.262 e. The van der Waals surface area contributed by atoms with E-state index in [1.54, 1.807) is 7.11 Å². The van der Waals surface area contributed by atoms with Crippen LogP contribution in [0.4, 0.5) is 11.4 Å². The topological polar surface area (TPSA) is 60.0 Å². The molecule has 0 aromatic heterocycles. The summed E-state index contributed by atoms with van der Waals surface area (Å²) in [5.74, 6) is 1.16. The normalized spacial score (nSPS) is 19.6. The van der Waals surface area contributed by atoms with E-state index in [1.165, 1.54) is 0 Å². The molecule has 1 fully saturated rings. The van der Waals surface area contributed by atoms with E-state index >= 15 is 0 Å². The molecule has 0 radical (unpaired) electrons. The lowest BCUT2D eigenvalue weighted by Crippen LogP contribution is -2.25. The Labute approximate surface area is 171 Å². The summed E-state index contributed by atoms with van der Waals surface area (Å²) in [4.78, 5) is 14.6. The quantitative estimate of drug-likeness (QED) is 0.808. The van der Waals surface area contributed by atoms with Crippen LogP contribution in [0, 0.1) is 0 Å². The van der Waals surface area contributed by atoms with Crippen LogP contribution in [0.25, 0.3) is 0 Å². The van der Waals surface area contributed by atoms with Gasteiger partial charge in [-0.05, 0) is 50.6 Å². The van der Waals surface area contributed by atoms with Crippen molar-refractivity contribution in [1.29, 1.82) is 0 Å². The molecule has 2 heterocycles. The number of para-hydroxylation sites is 1. The van der Waals surface area contributed by atoms with Crippen LogP contribution in [0.1, 0.15) is 25.8 Å². The molecule has 6 heteroatoms. The van der Waals surface area contributed by atoms with Crippen LogP contribution in [-0.2, 0) is 16.0 Å². The van der Waals surface area contributed by atoms with Crippen LogP contribution in [0.2, 0.25) is 0 Å². The number of nitrogens with zero attached hydrogens (tertiary/aromatic N) is 1. The predicted molar refractivity (Wildman–Crippen MR) is 113 cm³/mol. The number of hydrogen-bond acceptors (Lipinski definition) is 5. The molecule has 0 spiro atoms. The van der Waals surface area contributed by atoms with Gasteiger partial charge in [-0.2, -0.15) is 0 Å². The van der Waals surface area contributed by atoms with E-state index in [0.717, 1.165) is 48.6 Å². The second-order valence-electron chi connectivity index (χ2n) is 8.26. The van der Waals surface area contributed by atoms with E-state index < -0.39 is 0 Å². The van der Waals surface area contributed by atoms with Gasteiger partial charge in [0.15, 0.2) is 18.1 Å². The first kappa shape index (κ1) is 19.6. The number of hydrogen-bond donors (Lipinski definition) is 1. The second-order valence-corrected chi connectivity index (χ2v) is 8.26. The highest BCUT2D eigenvalue weighted by Gasteiger charge is 2.32. The van der Waals surface area contributed by atoms with Gasteiger partial charge in [-0.15, -0.1) is 0 Å². The monoisotopic (exact) mass is 396 g/mol. The van der Waals surface area contributed by atoms with Crippen LogP contribution >= 0.6 is 0 Å². The summed E-state index contributed by atoms with van der Waals surface area (Å²) in [5, 5.41) is 2.89. The molecule has 1 N–H and O–H groups in total. The molecule has 0 aliphatic carbocycles. The van der Waals surface area contributed by atoms with Crippen LogP contribution in [0.15, 0.2) is 42.5 Å². The van der Waals surface area contributed by atoms with Gasteiger partial charge in [0.2, 0.25) is 0 Å². The summed E-state index contributed by atoms with van der Waals surface area (Å²) in [6.45, 7) is 5.91. The highest BCUT2D eigenvalue weighted by molar-refractivity contribution is 5.92. The number of rotatable bonds is 6. The van der Waals surface area contributed by atoms with Gasteiger partial charge in [0, 0.05) is 43.6 Å². The molecule has 2 aromatic rings. The molecule has 2 aliphatic rings. The lowest BCUT2D eigenvalue weighted by atomic mass is 10.0. The van der Waals surface area contributed by atoms with Crippen LogP contribution in [0.3, 0.4) is 0 Å². The molecule has 6 nitrogen and oxygen atoms in total. The molecular weight excluding hydrogens is 368 g/mol. The van der Waals surface area contributed by atoms with Crippen molar-refractivity contribution in [3.05, 3.63) is 48.0 Å². The Morgan fingerprint density at radius 3 is 2.76 bits per heavy atom. The van der Waals surface area contributed by atoms with Crippen molar-refractivity contribution in [3.63, 3.8) is 0 Å². The summed E-state index contributed by atoms with van der Waals surface area (Å²) in [5.41, 5.74) is 2.75. The number of carbonyl (C=O) groups is 1. The smallest absolute Gasteiger partial charge is 0.262 e. The first-order chi connectivity index (χ1) is 13.9. The van der Waals surface area contributed by atoms with Crippen molar-refractivity contribution in [2.45, 2.75) is 38.4 Å². The Bertz CT molecular complexity index is 879. The average molecular weight is 396 g/mol. The van der Waals surface area contributed by atoms with Gasteiger partial charge >= 0.3 is 0 Å². The van der Waals surface area contributed by atoms with Crippen molar-refractivity contribution in [2.24, 2.45) is 0 Å². The van der Waals surface area contributed by atoms with Gasteiger partial charge in [-0.3, -0.25) is 4.79 Å². The number of nitrogens with one attached hydrogen (secondary N) is 1. The molecule has 0 bridgehead atoms. The zero-order valence-electron chi connectivity index (χ0n) is 17.2. The second kappa shape index (κ2) is 7.95. The maximum atomic E-state index is 12.3. The number of anilines is 2. The average Bonchev–Trinajstić information content (AvgIpc) is 3.30. The highest BCUT2D eigenvalue weighted by Crippen LogP contribution is 2.41. The van der Waals surface area contributed by atoms with Crippen LogP contribution in [0.5, 0.6) is 11.5 Å². The molecule has 2 aliphatic heterocycles. The van der Waals surface area contributed by atoms with Gasteiger partial charge < -0.3 is 24.4 Å². The molecule has 2 aromatic carbocycles. The minimum atomic E-state index is -0.246. The summed E-state index contributed by atoms with van der Waals surface area (Å²) in [6.07, 6.45) is 2.16. The lowest BCUT2D eigenvalue weighted by Gasteiger charge is -2.19. The summed E-state index contributed by atoms with van der Waals surface area (Å²) >= 11 is 0. The van der Waals surface area contributed by atoms with Crippen molar-refractivity contribution < 1.29 is 19.0 Å². The number of fused-ring (bicyclic) bond motifs is 1. The van der Waals surface area contributed by atoms with E-state index in [0.29, 0.717) is 11.9 Å². The Morgan fingerprint density at radius 2 is 2.03 bits per heavy atom. The van der Waals surface area contributed by atoms with E-state index in [9.17, 15) is 4.79 Å². The van der Waals surface area contributed by atoms with Crippen molar-refractivity contribution in [3.8, 4) is 11.5 Å². The van der Waals surface area contributed by atoms with E-state index in [-0.39, 0.29) is 18.1 Å². The highest BCUT2D eigenvalue weighted by atomic mass is 16.5. The van der Waals surface area contributed by atoms with E-state index in [1.807, 2.05) is 56.3 Å². The molecule has 0 saturated carbocycles. The minimum Gasteiger partial charge on any atom is -0.483 e. The lowest BCUT2D eigenvalue weighted by molar-refractivity contribution is -0.118. The number of carbonyl (C=O) groups excluding carboxylic acids is 1. The van der Waals surface area contributed by atoms with Crippen molar-refractivity contribution in [2.75, 3.05) is 37.0 Å². The first-order valence-corrected chi connectivity index (χ1v) is 10.0. The Hall–Kier alpha value is -2.73. The molecule has 4 rings (SSSR count). The SMILES string of the molecule is COC1CCN(c2ccc(NC(=O)COc3cccc4c3OC(C)(C)C4)cc2)C1. The van der Waals surface area contributed by atoms with Gasteiger partial charge in [0.25, 0.3) is 5.91 Å². The molecule has 154 valence electrons. The molecule has 1 amide bonds. The first-order valence-electron chi connectivity index (χ1n) is 10.0. The van der Waals surface area contributed by atoms with E-state index in [2.05, 4.69) is 10.2 Å². The molecular formula is C23H28N2O4. The van der Waals surface area contributed by atoms with Crippen LogP contribution in [-0.4, -0.2) is 44.4 Å². The van der Waals surface area contributed by atoms with Gasteiger partial charge in [-0.25, -0.2) is 0 Å². The van der Waals surface area contributed by atoms with Gasteiger partial charge in [-0.1, -0.05) is 12.1 Å². The third-order valence-corrected chi connectivity index (χ3v) is 5.41. The van der Waals surface area contributed by atoms with Gasteiger partial charge in [0.05, 0.1) is 6.10 Å². The van der Waals surface area contributed by atoms with Crippen LogP contribution < -0.4 is 19.7 Å². The summed E-state index contributed by atoms with van der Waals surface area (Å²) in [7, 11) is 1.76. The standard InChI is InChI=1S/C23H28N2O4/c1-23(2)13-16-5-4-6-20(22(16)29-23)28-15-21(26)24-17-7-9-18(10-8-17)25-12-11-19(14-25)27-3/h4-10,19H,11-15H2,1-3H3,(H,24,26). The zero-order chi connectivity index (χ0) is 20.4. The van der Waals surface area contributed by atoms with Crippen molar-refractivity contribution in [1.82, 2.24) is 0 Å². The fraction of sp³-hybridized carbons (Fsp3) is 0.435. The third-order valence-electron chi connectivity index (χ3n) is 5.41. The zero-order valence-corrected chi connectivity index (χ0v) is 17.2. The van der Waals surface area contributed by atoms with Crippen molar-refractivity contribution >= 4 is 17.3 Å². The summed E-state index contributed by atoms with van der Waals surface area (Å²) < 4.78 is 17.1. The summed E-state index contributed by atoms with van der Waals surface area (Å²) in [6, 6.07) is 13.7. The number of methoxy groups -OCH3 is 1. The predicted octanol–water partition coefficient (Wildman–Crippen LogP) is 3.64. The number of ether oxygens (including phenoxy) is 3. The Balaban J connectivity index is 1.31. The molecule has 29 heavy (non-hydrogen) atoms. The van der Waals surface area contributed by atoms with E-state index in [4.69, 9.17) is 14.2 Å². The largest absolute Gasteiger partial charge is 0.483 e. The fourth-order valence-corrected chi connectivity index (χ4v) is 3.95. The van der Waals surface area contributed by atoms with Gasteiger partial charge in [0.1, 0.15) is 5.60 Å². The third kappa shape index (κ3) is 4.48. The minimum absolute atomic E-state index is 0.0658. The Kier molecular flexibility index (Phi) is 5.37.